The van der Waals surface area contributed by atoms with Crippen molar-refractivity contribution in [3.8, 4) is 5.75 Å². The van der Waals surface area contributed by atoms with E-state index in [1.165, 1.54) is 16.7 Å². The molecule has 134 valence electrons. The quantitative estimate of drug-likeness (QED) is 0.407. The van der Waals surface area contributed by atoms with Crippen molar-refractivity contribution in [2.75, 3.05) is 40.9 Å². The van der Waals surface area contributed by atoms with Crippen molar-refractivity contribution in [1.29, 1.82) is 0 Å². The maximum absolute atomic E-state index is 12.5. The molecule has 1 aromatic carbocycles. The number of hydrogen-bond acceptors (Lipinski definition) is 7. The van der Waals surface area contributed by atoms with Crippen LogP contribution in [0.5, 0.6) is 5.75 Å². The van der Waals surface area contributed by atoms with Gasteiger partial charge >= 0.3 is 5.97 Å². The van der Waals surface area contributed by atoms with Crippen LogP contribution in [-0.4, -0.2) is 66.9 Å². The molecule has 8 heteroatoms. The molecule has 1 aliphatic rings. The van der Waals surface area contributed by atoms with E-state index >= 15 is 0 Å². The summed E-state index contributed by atoms with van der Waals surface area (Å²) in [5.41, 5.74) is 0.856. The second-order valence-corrected chi connectivity index (χ2v) is 7.24. The fourth-order valence-electron chi connectivity index (χ4n) is 2.00. The number of likely N-dealkylation sites (N-methyl/N-ethyl adjacent to an activating group) is 1. The van der Waals surface area contributed by atoms with Gasteiger partial charge in [-0.15, -0.1) is 0 Å². The lowest BCUT2D eigenvalue weighted by Crippen LogP contribution is -2.35. The Bertz CT molecular complexity index is 686. The molecule has 0 aliphatic carbocycles. The van der Waals surface area contributed by atoms with E-state index in [1.54, 1.807) is 13.2 Å². The van der Waals surface area contributed by atoms with Crippen LogP contribution in [0.15, 0.2) is 29.2 Å². The molecule has 1 aromatic rings. The number of carbonyl (C=O) groups excluding carboxylic acids is 2. The van der Waals surface area contributed by atoms with Crippen LogP contribution in [0.1, 0.15) is 5.56 Å². The van der Waals surface area contributed by atoms with Crippen molar-refractivity contribution in [2.24, 2.45) is 0 Å². The molecule has 1 fully saturated rings. The van der Waals surface area contributed by atoms with E-state index in [0.717, 1.165) is 11.3 Å². The second-order valence-electron chi connectivity index (χ2n) is 5.56. The van der Waals surface area contributed by atoms with Gasteiger partial charge in [0.2, 0.25) is 0 Å². The highest BCUT2D eigenvalue weighted by molar-refractivity contribution is 8.26. The maximum atomic E-state index is 12.5. The van der Waals surface area contributed by atoms with Gasteiger partial charge in [0, 0.05) is 6.54 Å². The molecule has 6 nitrogen and oxygen atoms in total. The summed E-state index contributed by atoms with van der Waals surface area (Å²) in [5.74, 6) is -0.00982. The van der Waals surface area contributed by atoms with Gasteiger partial charge in [0.15, 0.2) is 0 Å². The van der Waals surface area contributed by atoms with Crippen LogP contribution in [-0.2, 0) is 14.3 Å². The number of rotatable bonds is 7. The molecule has 0 radical (unpaired) electrons. The standard InChI is InChI=1S/C17H20N2O4S2/c1-18(2)8-9-23-15(20)11-19-16(21)14(25-17(19)24)10-12-4-6-13(22-3)7-5-12/h4-7,10H,8-9,11H2,1-3H3/b14-10+. The Balaban J connectivity index is 1.98. The van der Waals surface area contributed by atoms with Crippen molar-refractivity contribution in [3.05, 3.63) is 34.7 Å². The van der Waals surface area contributed by atoms with E-state index in [1.807, 2.05) is 43.3 Å². The van der Waals surface area contributed by atoms with E-state index in [2.05, 4.69) is 0 Å². The summed E-state index contributed by atoms with van der Waals surface area (Å²) in [7, 11) is 5.37. The lowest BCUT2D eigenvalue weighted by molar-refractivity contribution is -0.146. The van der Waals surface area contributed by atoms with Gasteiger partial charge in [0.25, 0.3) is 5.91 Å². The number of amides is 1. The molecule has 0 spiro atoms. The van der Waals surface area contributed by atoms with Crippen LogP contribution in [0.2, 0.25) is 0 Å². The average Bonchev–Trinajstić information content (AvgIpc) is 2.83. The predicted molar refractivity (Wildman–Crippen MR) is 102 cm³/mol. The summed E-state index contributed by atoms with van der Waals surface area (Å²) >= 11 is 6.39. The Kier molecular flexibility index (Phi) is 6.98. The molecule has 1 saturated heterocycles. The van der Waals surface area contributed by atoms with E-state index in [9.17, 15) is 9.59 Å². The molecule has 25 heavy (non-hydrogen) atoms. The summed E-state index contributed by atoms with van der Waals surface area (Å²) in [6.07, 6.45) is 1.75. The molecule has 0 unspecified atom stereocenters. The minimum absolute atomic E-state index is 0.169. The summed E-state index contributed by atoms with van der Waals surface area (Å²) < 4.78 is 10.6. The number of thiocarbonyl (C=S) groups is 1. The monoisotopic (exact) mass is 380 g/mol. The van der Waals surface area contributed by atoms with Gasteiger partial charge in [0.05, 0.1) is 12.0 Å². The topological polar surface area (TPSA) is 59.1 Å². The number of esters is 1. The number of methoxy groups -OCH3 is 1. The van der Waals surface area contributed by atoms with E-state index in [4.69, 9.17) is 21.7 Å². The van der Waals surface area contributed by atoms with Crippen molar-refractivity contribution in [3.63, 3.8) is 0 Å². The summed E-state index contributed by atoms with van der Waals surface area (Å²) in [4.78, 5) is 28.0. The average molecular weight is 380 g/mol. The molecular weight excluding hydrogens is 360 g/mol. The molecular formula is C17H20N2O4S2. The first-order chi connectivity index (χ1) is 11.9. The van der Waals surface area contributed by atoms with Gasteiger partial charge in [-0.1, -0.05) is 36.1 Å². The fourth-order valence-corrected chi connectivity index (χ4v) is 3.26. The molecule has 0 saturated carbocycles. The number of ether oxygens (including phenoxy) is 2. The Morgan fingerprint density at radius 3 is 2.60 bits per heavy atom. The van der Waals surface area contributed by atoms with Crippen LogP contribution < -0.4 is 4.74 Å². The van der Waals surface area contributed by atoms with Gasteiger partial charge in [-0.3, -0.25) is 14.5 Å². The number of thioether (sulfide) groups is 1. The zero-order valence-electron chi connectivity index (χ0n) is 14.4. The highest BCUT2D eigenvalue weighted by Crippen LogP contribution is 2.32. The summed E-state index contributed by atoms with van der Waals surface area (Å²) in [5, 5.41) is 0. The van der Waals surface area contributed by atoms with Gasteiger partial charge in [-0.05, 0) is 37.9 Å². The first-order valence-electron chi connectivity index (χ1n) is 7.60. The smallest absolute Gasteiger partial charge is 0.326 e. The van der Waals surface area contributed by atoms with Crippen molar-refractivity contribution >= 4 is 46.3 Å². The molecule has 0 bridgehead atoms. The second kappa shape index (κ2) is 8.98. The third-order valence-electron chi connectivity index (χ3n) is 3.38. The zero-order valence-corrected chi connectivity index (χ0v) is 16.0. The predicted octanol–water partition coefficient (Wildman–Crippen LogP) is 2.00. The Morgan fingerprint density at radius 2 is 2.00 bits per heavy atom. The Morgan fingerprint density at radius 1 is 1.32 bits per heavy atom. The van der Waals surface area contributed by atoms with E-state index in [0.29, 0.717) is 15.8 Å². The number of carbonyl (C=O) groups is 2. The van der Waals surface area contributed by atoms with Crippen LogP contribution in [0.25, 0.3) is 6.08 Å². The van der Waals surface area contributed by atoms with Crippen molar-refractivity contribution < 1.29 is 19.1 Å². The molecule has 0 atom stereocenters. The van der Waals surface area contributed by atoms with Crippen LogP contribution >= 0.6 is 24.0 Å². The Labute approximate surface area is 156 Å². The number of benzene rings is 1. The SMILES string of the molecule is COc1ccc(/C=C2/SC(=S)N(CC(=O)OCCN(C)C)C2=O)cc1. The fraction of sp³-hybridized carbons (Fsp3) is 0.353. The molecule has 2 rings (SSSR count). The van der Waals surface area contributed by atoms with E-state index < -0.39 is 5.97 Å². The third kappa shape index (κ3) is 5.55. The molecule has 1 heterocycles. The first-order valence-corrected chi connectivity index (χ1v) is 8.83. The normalized spacial score (nSPS) is 16.0. The largest absolute Gasteiger partial charge is 0.497 e. The lowest BCUT2D eigenvalue weighted by atomic mass is 10.2. The third-order valence-corrected chi connectivity index (χ3v) is 4.75. The molecule has 0 aromatic heterocycles. The molecule has 1 aliphatic heterocycles. The number of hydrogen-bond donors (Lipinski definition) is 0. The van der Waals surface area contributed by atoms with Crippen molar-refractivity contribution in [1.82, 2.24) is 9.80 Å². The highest BCUT2D eigenvalue weighted by Gasteiger charge is 2.33. The van der Waals surface area contributed by atoms with Crippen LogP contribution in [0, 0.1) is 0 Å². The lowest BCUT2D eigenvalue weighted by Gasteiger charge is -2.14. The van der Waals surface area contributed by atoms with E-state index in [-0.39, 0.29) is 19.1 Å². The Hall–Kier alpha value is -1.90. The van der Waals surface area contributed by atoms with Gasteiger partial charge in [0.1, 0.15) is 23.2 Å². The zero-order chi connectivity index (χ0) is 18.4. The molecule has 1 amide bonds. The minimum atomic E-state index is -0.469. The van der Waals surface area contributed by atoms with Crippen molar-refractivity contribution in [2.45, 2.75) is 0 Å². The number of nitrogens with zero attached hydrogens (tertiary/aromatic N) is 2. The van der Waals surface area contributed by atoms with Gasteiger partial charge in [-0.2, -0.15) is 0 Å². The molecule has 0 N–H and O–H groups in total. The summed E-state index contributed by atoms with van der Waals surface area (Å²) in [6, 6.07) is 7.32. The van der Waals surface area contributed by atoms with Gasteiger partial charge < -0.3 is 14.4 Å². The minimum Gasteiger partial charge on any atom is -0.497 e. The van der Waals surface area contributed by atoms with Crippen LogP contribution in [0.3, 0.4) is 0 Å². The van der Waals surface area contributed by atoms with Gasteiger partial charge in [-0.25, -0.2) is 0 Å². The summed E-state index contributed by atoms with van der Waals surface area (Å²) in [6.45, 7) is 0.738. The maximum Gasteiger partial charge on any atom is 0.326 e. The highest BCUT2D eigenvalue weighted by atomic mass is 32.2. The van der Waals surface area contributed by atoms with Crippen LogP contribution in [0.4, 0.5) is 0 Å². The first kappa shape index (κ1) is 19.4.